The standard InChI is InChI=1S/C4H4N2OS2/c1-8-4-3(2-7)5-6-9-4/h2H,1H3. The SMILES string of the molecule is CSc1snnc1C=O. The largest absolute Gasteiger partial charge is 0.296 e. The number of carbonyl (C=O) groups is 1. The van der Waals surface area contributed by atoms with E-state index in [1.165, 1.54) is 23.3 Å². The summed E-state index contributed by atoms with van der Waals surface area (Å²) in [4.78, 5) is 10.1. The minimum absolute atomic E-state index is 0.451. The summed E-state index contributed by atoms with van der Waals surface area (Å²) in [5.74, 6) is 0. The van der Waals surface area contributed by atoms with Crippen molar-refractivity contribution in [3.8, 4) is 0 Å². The Morgan fingerprint density at radius 2 is 2.56 bits per heavy atom. The molecule has 5 heteroatoms. The molecule has 0 amide bonds. The van der Waals surface area contributed by atoms with Crippen molar-refractivity contribution in [1.82, 2.24) is 9.59 Å². The van der Waals surface area contributed by atoms with E-state index in [0.29, 0.717) is 5.69 Å². The molecule has 0 bridgehead atoms. The monoisotopic (exact) mass is 160 g/mol. The number of hydrogen-bond acceptors (Lipinski definition) is 5. The number of rotatable bonds is 2. The van der Waals surface area contributed by atoms with Crippen LogP contribution < -0.4 is 0 Å². The van der Waals surface area contributed by atoms with E-state index in [4.69, 9.17) is 0 Å². The van der Waals surface area contributed by atoms with Crippen LogP contribution in [0.15, 0.2) is 4.21 Å². The quantitative estimate of drug-likeness (QED) is 0.479. The van der Waals surface area contributed by atoms with Crippen LogP contribution in [0.2, 0.25) is 0 Å². The lowest BCUT2D eigenvalue weighted by Gasteiger charge is -1.82. The van der Waals surface area contributed by atoms with Gasteiger partial charge >= 0.3 is 0 Å². The van der Waals surface area contributed by atoms with E-state index in [9.17, 15) is 4.79 Å². The molecule has 0 aromatic carbocycles. The van der Waals surface area contributed by atoms with E-state index >= 15 is 0 Å². The summed E-state index contributed by atoms with van der Waals surface area (Å²) in [5, 5.41) is 3.59. The predicted octanol–water partition coefficient (Wildman–Crippen LogP) is 1.07. The summed E-state index contributed by atoms with van der Waals surface area (Å²) in [5.41, 5.74) is 0.451. The molecule has 0 spiro atoms. The fourth-order valence-electron chi connectivity index (χ4n) is 0.403. The van der Waals surface area contributed by atoms with Crippen LogP contribution in [-0.4, -0.2) is 22.1 Å². The van der Waals surface area contributed by atoms with E-state index in [1.54, 1.807) is 0 Å². The van der Waals surface area contributed by atoms with Gasteiger partial charge in [-0.05, 0) is 17.8 Å². The maximum Gasteiger partial charge on any atom is 0.172 e. The predicted molar refractivity (Wildman–Crippen MR) is 37.1 cm³/mol. The van der Waals surface area contributed by atoms with Gasteiger partial charge in [0.05, 0.1) is 0 Å². The maximum absolute atomic E-state index is 10.1. The Balaban J connectivity index is 2.98. The topological polar surface area (TPSA) is 42.9 Å². The number of thioether (sulfide) groups is 1. The van der Waals surface area contributed by atoms with Crippen LogP contribution in [0.25, 0.3) is 0 Å². The Labute approximate surface area is 60.6 Å². The number of hydrogen-bond donors (Lipinski definition) is 0. The zero-order valence-corrected chi connectivity index (χ0v) is 6.33. The van der Waals surface area contributed by atoms with Crippen LogP contribution in [-0.2, 0) is 0 Å². The van der Waals surface area contributed by atoms with Gasteiger partial charge in [0.1, 0.15) is 4.21 Å². The minimum atomic E-state index is 0.451. The van der Waals surface area contributed by atoms with Crippen LogP contribution in [0.3, 0.4) is 0 Å². The summed E-state index contributed by atoms with van der Waals surface area (Å²) < 4.78 is 4.48. The van der Waals surface area contributed by atoms with Gasteiger partial charge in [0.25, 0.3) is 0 Å². The lowest BCUT2D eigenvalue weighted by Crippen LogP contribution is -1.79. The van der Waals surface area contributed by atoms with Gasteiger partial charge < -0.3 is 0 Å². The van der Waals surface area contributed by atoms with Gasteiger partial charge in [-0.15, -0.1) is 16.9 Å². The highest BCUT2D eigenvalue weighted by atomic mass is 32.2. The highest BCUT2D eigenvalue weighted by molar-refractivity contribution is 8.00. The molecule has 0 fully saturated rings. The van der Waals surface area contributed by atoms with Crippen molar-refractivity contribution in [2.75, 3.05) is 6.26 Å². The number of aromatic nitrogens is 2. The Morgan fingerprint density at radius 3 is 3.00 bits per heavy atom. The third kappa shape index (κ3) is 1.28. The molecule has 48 valence electrons. The fourth-order valence-corrected chi connectivity index (χ4v) is 1.48. The fraction of sp³-hybridized carbons (Fsp3) is 0.250. The molecule has 1 heterocycles. The smallest absolute Gasteiger partial charge is 0.172 e. The zero-order valence-electron chi connectivity index (χ0n) is 4.70. The first-order valence-corrected chi connectivity index (χ1v) is 4.20. The Bertz CT molecular complexity index is 210. The molecule has 0 aliphatic rings. The molecular weight excluding hydrogens is 156 g/mol. The molecule has 0 aliphatic heterocycles. The van der Waals surface area contributed by atoms with Gasteiger partial charge in [-0.1, -0.05) is 4.49 Å². The van der Waals surface area contributed by atoms with Crippen molar-refractivity contribution in [2.24, 2.45) is 0 Å². The average molecular weight is 160 g/mol. The molecule has 0 saturated carbocycles. The maximum atomic E-state index is 10.1. The molecule has 9 heavy (non-hydrogen) atoms. The lowest BCUT2D eigenvalue weighted by molar-refractivity contribution is 0.111. The van der Waals surface area contributed by atoms with Gasteiger partial charge in [-0.2, -0.15) is 0 Å². The van der Waals surface area contributed by atoms with Crippen molar-refractivity contribution < 1.29 is 4.79 Å². The van der Waals surface area contributed by atoms with Gasteiger partial charge in [-0.3, -0.25) is 4.79 Å². The Kier molecular flexibility index (Phi) is 2.18. The molecule has 1 aromatic rings. The summed E-state index contributed by atoms with van der Waals surface area (Å²) in [6.45, 7) is 0. The molecular formula is C4H4N2OS2. The molecule has 0 aliphatic carbocycles. The minimum Gasteiger partial charge on any atom is -0.296 e. The van der Waals surface area contributed by atoms with Crippen molar-refractivity contribution in [3.05, 3.63) is 5.69 Å². The van der Waals surface area contributed by atoms with Crippen LogP contribution in [0.4, 0.5) is 0 Å². The summed E-state index contributed by atoms with van der Waals surface area (Å²) >= 11 is 2.73. The molecule has 1 aromatic heterocycles. The lowest BCUT2D eigenvalue weighted by atomic mass is 10.6. The molecule has 0 unspecified atom stereocenters. The molecule has 0 radical (unpaired) electrons. The third-order valence-electron chi connectivity index (χ3n) is 0.778. The van der Waals surface area contributed by atoms with E-state index in [1.807, 2.05) is 6.26 Å². The van der Waals surface area contributed by atoms with Crippen LogP contribution in [0.1, 0.15) is 10.5 Å². The second-order valence-corrected chi connectivity index (χ2v) is 3.10. The second-order valence-electron chi connectivity index (χ2n) is 1.27. The van der Waals surface area contributed by atoms with Crippen molar-refractivity contribution in [1.29, 1.82) is 0 Å². The van der Waals surface area contributed by atoms with Crippen molar-refractivity contribution in [2.45, 2.75) is 4.21 Å². The van der Waals surface area contributed by atoms with E-state index < -0.39 is 0 Å². The summed E-state index contributed by atoms with van der Waals surface area (Å²) in [6, 6.07) is 0. The molecule has 1 rings (SSSR count). The van der Waals surface area contributed by atoms with Crippen molar-refractivity contribution >= 4 is 29.6 Å². The average Bonchev–Trinajstić information content (AvgIpc) is 2.33. The van der Waals surface area contributed by atoms with Gasteiger partial charge in [0.2, 0.25) is 0 Å². The van der Waals surface area contributed by atoms with Crippen molar-refractivity contribution in [3.63, 3.8) is 0 Å². The van der Waals surface area contributed by atoms with Crippen LogP contribution in [0, 0.1) is 0 Å². The summed E-state index contributed by atoms with van der Waals surface area (Å²) in [6.07, 6.45) is 2.61. The third-order valence-corrected chi connectivity index (χ3v) is 2.62. The zero-order chi connectivity index (χ0) is 6.69. The normalized spacial score (nSPS) is 9.44. The van der Waals surface area contributed by atoms with Gasteiger partial charge in [-0.25, -0.2) is 0 Å². The first-order chi connectivity index (χ1) is 4.38. The van der Waals surface area contributed by atoms with E-state index in [-0.39, 0.29) is 0 Å². The molecule has 0 N–H and O–H groups in total. The molecule has 3 nitrogen and oxygen atoms in total. The second kappa shape index (κ2) is 2.93. The van der Waals surface area contributed by atoms with Crippen LogP contribution >= 0.6 is 23.3 Å². The Morgan fingerprint density at radius 1 is 1.78 bits per heavy atom. The number of aldehydes is 1. The Hall–Kier alpha value is -0.420. The highest BCUT2D eigenvalue weighted by Crippen LogP contribution is 2.20. The van der Waals surface area contributed by atoms with Gasteiger partial charge in [0, 0.05) is 0 Å². The van der Waals surface area contributed by atoms with Gasteiger partial charge in [0.15, 0.2) is 12.0 Å². The number of carbonyl (C=O) groups excluding carboxylic acids is 1. The van der Waals surface area contributed by atoms with Crippen LogP contribution in [0.5, 0.6) is 0 Å². The summed E-state index contributed by atoms with van der Waals surface area (Å²) in [7, 11) is 0. The number of nitrogens with zero attached hydrogens (tertiary/aromatic N) is 2. The highest BCUT2D eigenvalue weighted by Gasteiger charge is 2.02. The van der Waals surface area contributed by atoms with E-state index in [0.717, 1.165) is 10.5 Å². The molecule has 0 atom stereocenters. The molecule has 0 saturated heterocycles. The first kappa shape index (κ1) is 6.70. The first-order valence-electron chi connectivity index (χ1n) is 2.20. The van der Waals surface area contributed by atoms with E-state index in [2.05, 4.69) is 9.59 Å².